The van der Waals surface area contributed by atoms with Gasteiger partial charge in [-0.15, -0.1) is 24.0 Å². The van der Waals surface area contributed by atoms with Crippen LogP contribution in [0.2, 0.25) is 0 Å². The number of thiol groups is 1. The molecular weight excluding hydrogens is 242 g/mol. The number of carbonyl (C=O) groups excluding carboxylic acids is 1. The van der Waals surface area contributed by atoms with E-state index in [-0.39, 0.29) is 17.9 Å². The van der Waals surface area contributed by atoms with Gasteiger partial charge >= 0.3 is 0 Å². The molecule has 2 rings (SSSR count). The fraction of sp³-hybridized carbons (Fsp3) is 0.545. The molecule has 1 saturated carbocycles. The van der Waals surface area contributed by atoms with Gasteiger partial charge in [-0.25, -0.2) is 0 Å². The van der Waals surface area contributed by atoms with Crippen LogP contribution in [0.1, 0.15) is 28.9 Å². The molecule has 16 heavy (non-hydrogen) atoms. The number of thiophene rings is 1. The molecule has 1 aliphatic carbocycles. The Morgan fingerprint density at radius 2 is 2.44 bits per heavy atom. The van der Waals surface area contributed by atoms with Crippen molar-refractivity contribution in [2.45, 2.75) is 30.3 Å². The summed E-state index contributed by atoms with van der Waals surface area (Å²) in [4.78, 5) is 13.2. The maximum absolute atomic E-state index is 11.7. The van der Waals surface area contributed by atoms with Crippen molar-refractivity contribution >= 4 is 29.9 Å². The minimum absolute atomic E-state index is 0.0654. The lowest BCUT2D eigenvalue weighted by atomic mass is 10.1. The second-order valence-electron chi connectivity index (χ2n) is 4.14. The van der Waals surface area contributed by atoms with Crippen molar-refractivity contribution in [1.82, 2.24) is 5.32 Å². The quantitative estimate of drug-likeness (QED) is 0.725. The number of aliphatic hydroxyl groups excluding tert-OH is 1. The highest BCUT2D eigenvalue weighted by atomic mass is 32.1. The molecule has 1 aromatic rings. The lowest BCUT2D eigenvalue weighted by Gasteiger charge is -2.14. The van der Waals surface area contributed by atoms with Crippen molar-refractivity contribution in [3.05, 3.63) is 16.3 Å². The van der Waals surface area contributed by atoms with Crippen molar-refractivity contribution in [3.63, 3.8) is 0 Å². The Morgan fingerprint density at radius 3 is 3.00 bits per heavy atom. The molecule has 0 saturated heterocycles. The molecule has 0 aliphatic heterocycles. The van der Waals surface area contributed by atoms with Gasteiger partial charge in [-0.1, -0.05) is 6.42 Å². The first-order valence-electron chi connectivity index (χ1n) is 5.40. The second-order valence-corrected chi connectivity index (χ2v) is 5.57. The van der Waals surface area contributed by atoms with Gasteiger partial charge < -0.3 is 10.4 Å². The zero-order valence-corrected chi connectivity index (χ0v) is 10.6. The van der Waals surface area contributed by atoms with E-state index < -0.39 is 0 Å². The van der Waals surface area contributed by atoms with Gasteiger partial charge in [0.05, 0.1) is 11.0 Å². The molecule has 1 aromatic heterocycles. The Bertz CT molecular complexity index is 378. The van der Waals surface area contributed by atoms with Crippen molar-refractivity contribution in [2.75, 3.05) is 6.54 Å². The monoisotopic (exact) mass is 257 g/mol. The minimum atomic E-state index is -0.246. The average Bonchev–Trinajstić information content (AvgIpc) is 2.84. The van der Waals surface area contributed by atoms with Crippen LogP contribution in [0.25, 0.3) is 0 Å². The van der Waals surface area contributed by atoms with E-state index in [1.807, 2.05) is 5.38 Å². The summed E-state index contributed by atoms with van der Waals surface area (Å²) < 4.78 is 0. The third-order valence-electron chi connectivity index (χ3n) is 2.95. The highest BCUT2D eigenvalue weighted by Gasteiger charge is 2.25. The molecule has 3 nitrogen and oxygen atoms in total. The van der Waals surface area contributed by atoms with Gasteiger partial charge in [-0.05, 0) is 18.9 Å². The van der Waals surface area contributed by atoms with Gasteiger partial charge in [0.25, 0.3) is 5.91 Å². The van der Waals surface area contributed by atoms with Crippen LogP contribution in [0.3, 0.4) is 0 Å². The third-order valence-corrected chi connectivity index (χ3v) is 4.32. The number of aliphatic hydroxyl groups is 1. The molecular formula is C11H15NO2S2. The largest absolute Gasteiger partial charge is 0.393 e. The summed E-state index contributed by atoms with van der Waals surface area (Å²) in [5.74, 6) is 0.156. The van der Waals surface area contributed by atoms with Gasteiger partial charge in [-0.3, -0.25) is 4.79 Å². The first-order valence-corrected chi connectivity index (χ1v) is 6.73. The standard InChI is InChI=1S/C11H15NO2S2/c13-9-3-1-2-7(9)5-12-11(14)10-4-8(15)6-16-10/h4,6-7,9,13,15H,1-3,5H2,(H,12,14). The summed E-state index contributed by atoms with van der Waals surface area (Å²) in [6, 6.07) is 1.76. The van der Waals surface area contributed by atoms with Gasteiger partial charge in [0.1, 0.15) is 0 Å². The Kier molecular flexibility index (Phi) is 3.89. The fourth-order valence-electron chi connectivity index (χ4n) is 2.01. The molecule has 1 amide bonds. The van der Waals surface area contributed by atoms with Crippen molar-refractivity contribution in [2.24, 2.45) is 5.92 Å². The smallest absolute Gasteiger partial charge is 0.261 e. The maximum atomic E-state index is 11.7. The molecule has 1 fully saturated rings. The molecule has 2 N–H and O–H groups in total. The van der Waals surface area contributed by atoms with Crippen LogP contribution in [0.4, 0.5) is 0 Å². The normalized spacial score (nSPS) is 24.6. The van der Waals surface area contributed by atoms with Crippen LogP contribution in [0.5, 0.6) is 0 Å². The number of nitrogens with one attached hydrogen (secondary N) is 1. The van der Waals surface area contributed by atoms with Gasteiger partial charge in [-0.2, -0.15) is 0 Å². The average molecular weight is 257 g/mol. The number of carbonyl (C=O) groups is 1. The topological polar surface area (TPSA) is 49.3 Å². The van der Waals surface area contributed by atoms with Gasteiger partial charge in [0.2, 0.25) is 0 Å². The number of amides is 1. The summed E-state index contributed by atoms with van der Waals surface area (Å²) in [6.45, 7) is 0.569. The predicted octanol–water partition coefficient (Wildman–Crippen LogP) is 1.93. The van der Waals surface area contributed by atoms with Crippen molar-refractivity contribution in [1.29, 1.82) is 0 Å². The number of hydrogen-bond donors (Lipinski definition) is 3. The molecule has 0 radical (unpaired) electrons. The van der Waals surface area contributed by atoms with E-state index in [0.717, 1.165) is 24.2 Å². The van der Waals surface area contributed by atoms with Crippen LogP contribution in [-0.4, -0.2) is 23.7 Å². The first kappa shape index (κ1) is 12.0. The fourth-order valence-corrected chi connectivity index (χ4v) is 3.08. The highest BCUT2D eigenvalue weighted by molar-refractivity contribution is 7.80. The molecule has 0 aromatic carbocycles. The molecule has 2 unspecified atom stereocenters. The first-order chi connectivity index (χ1) is 7.66. The zero-order chi connectivity index (χ0) is 11.5. The second kappa shape index (κ2) is 5.21. The van der Waals surface area contributed by atoms with E-state index in [4.69, 9.17) is 0 Å². The summed E-state index contributed by atoms with van der Waals surface area (Å²) in [6.07, 6.45) is 2.68. The summed E-state index contributed by atoms with van der Waals surface area (Å²) >= 11 is 5.55. The van der Waals surface area contributed by atoms with Crippen molar-refractivity contribution in [3.8, 4) is 0 Å². The lowest BCUT2D eigenvalue weighted by Crippen LogP contribution is -2.31. The molecule has 1 aliphatic rings. The van der Waals surface area contributed by atoms with E-state index in [1.165, 1.54) is 11.3 Å². The SMILES string of the molecule is O=C(NCC1CCCC1O)c1cc(S)cs1. The third kappa shape index (κ3) is 2.78. The summed E-state index contributed by atoms with van der Waals surface area (Å²) in [5.41, 5.74) is 0. The van der Waals surface area contributed by atoms with E-state index in [0.29, 0.717) is 11.4 Å². The Hall–Kier alpha value is -0.520. The molecule has 1 heterocycles. The van der Waals surface area contributed by atoms with Crippen LogP contribution in [-0.2, 0) is 0 Å². The van der Waals surface area contributed by atoms with Crippen LogP contribution < -0.4 is 5.32 Å². The van der Waals surface area contributed by atoms with E-state index in [2.05, 4.69) is 17.9 Å². The maximum Gasteiger partial charge on any atom is 0.261 e. The molecule has 0 bridgehead atoms. The lowest BCUT2D eigenvalue weighted by molar-refractivity contribution is 0.0920. The van der Waals surface area contributed by atoms with Crippen LogP contribution in [0, 0.1) is 5.92 Å². The van der Waals surface area contributed by atoms with E-state index >= 15 is 0 Å². The predicted molar refractivity (Wildman–Crippen MR) is 67.3 cm³/mol. The molecule has 0 spiro atoms. The van der Waals surface area contributed by atoms with E-state index in [9.17, 15) is 9.90 Å². The molecule has 88 valence electrons. The summed E-state index contributed by atoms with van der Waals surface area (Å²) in [5, 5.41) is 14.3. The van der Waals surface area contributed by atoms with Crippen LogP contribution >= 0.6 is 24.0 Å². The van der Waals surface area contributed by atoms with Crippen molar-refractivity contribution < 1.29 is 9.90 Å². The van der Waals surface area contributed by atoms with Gasteiger partial charge in [0.15, 0.2) is 0 Å². The molecule has 5 heteroatoms. The number of hydrogen-bond acceptors (Lipinski definition) is 4. The van der Waals surface area contributed by atoms with E-state index in [1.54, 1.807) is 6.07 Å². The van der Waals surface area contributed by atoms with Crippen LogP contribution in [0.15, 0.2) is 16.3 Å². The number of rotatable bonds is 3. The highest BCUT2D eigenvalue weighted by Crippen LogP contribution is 2.25. The Labute approximate surface area is 104 Å². The molecule has 2 atom stereocenters. The Morgan fingerprint density at radius 1 is 1.62 bits per heavy atom. The summed E-state index contributed by atoms with van der Waals surface area (Å²) in [7, 11) is 0. The minimum Gasteiger partial charge on any atom is -0.393 e. The zero-order valence-electron chi connectivity index (χ0n) is 8.85. The Balaban J connectivity index is 1.84. The van der Waals surface area contributed by atoms with Gasteiger partial charge in [0, 0.05) is 22.7 Å².